The Morgan fingerprint density at radius 2 is 1.88 bits per heavy atom. The fourth-order valence-electron chi connectivity index (χ4n) is 2.34. The molecule has 0 fully saturated rings. The number of carbonyl (C=O) groups is 1. The van der Waals surface area contributed by atoms with Crippen molar-refractivity contribution in [1.29, 1.82) is 0 Å². The summed E-state index contributed by atoms with van der Waals surface area (Å²) < 4.78 is 0.949. The monoisotopic (exact) mass is 610 g/mol. The summed E-state index contributed by atoms with van der Waals surface area (Å²) in [5.41, 5.74) is 10.5. The smallest absolute Gasteiger partial charge is 0.223 e. The summed E-state index contributed by atoms with van der Waals surface area (Å²) in [6.45, 7) is 1.27. The van der Waals surface area contributed by atoms with E-state index in [1.807, 2.05) is 18.2 Å². The summed E-state index contributed by atoms with van der Waals surface area (Å²) in [7, 11) is 0. The van der Waals surface area contributed by atoms with Gasteiger partial charge in [-0.25, -0.2) is 0 Å². The molecule has 34 heavy (non-hydrogen) atoms. The molecule has 2 atom stereocenters. The number of unbranched alkanes of at least 4 members (excludes halogenated alkanes) is 3. The molecule has 0 aliphatic carbocycles. The van der Waals surface area contributed by atoms with Gasteiger partial charge in [-0.3, -0.25) is 9.79 Å². The van der Waals surface area contributed by atoms with Crippen LogP contribution in [0, 0.1) is 36.0 Å². The van der Waals surface area contributed by atoms with Crippen molar-refractivity contribution in [1.82, 2.24) is 5.32 Å². The van der Waals surface area contributed by atoms with Crippen LogP contribution in [0.3, 0.4) is 0 Å². The summed E-state index contributed by atoms with van der Waals surface area (Å²) in [6, 6.07) is 0. The molecule has 0 aromatic carbocycles. The first-order valence-electron chi connectivity index (χ1n) is 11.0. The highest BCUT2D eigenvalue weighted by Gasteiger charge is 2.15. The molecule has 0 aliphatic rings. The number of nitrogens with two attached hydrogens (primary N) is 2. The fraction of sp³-hybridized carbons (Fsp3) is 0.462. The highest BCUT2D eigenvalue weighted by molar-refractivity contribution is 9.11. The third-order valence-electron chi connectivity index (χ3n) is 4.10. The largest absolute Gasteiger partial charge is 0.370 e. The molecule has 0 bridgehead atoms. The average Bonchev–Trinajstić information content (AvgIpc) is 2.79. The van der Waals surface area contributed by atoms with Crippen LogP contribution in [0.5, 0.6) is 0 Å². The number of carbonyl (C=O) groups excluding carboxylic acids is 1. The van der Waals surface area contributed by atoms with E-state index in [1.54, 1.807) is 12.2 Å². The van der Waals surface area contributed by atoms with Gasteiger partial charge in [-0.05, 0) is 42.3 Å². The van der Waals surface area contributed by atoms with Crippen molar-refractivity contribution in [3.63, 3.8) is 0 Å². The summed E-state index contributed by atoms with van der Waals surface area (Å²) in [6.07, 6.45) is 19.9. The number of nitrogens with zero attached hydrogens (tertiary/aromatic N) is 1. The van der Waals surface area contributed by atoms with Gasteiger partial charge in [0.1, 0.15) is 0 Å². The van der Waals surface area contributed by atoms with E-state index in [-0.39, 0.29) is 22.1 Å². The molecule has 5 nitrogen and oxygen atoms in total. The molecule has 0 heterocycles. The summed E-state index contributed by atoms with van der Waals surface area (Å²) in [4.78, 5) is 15.8. The van der Waals surface area contributed by atoms with Gasteiger partial charge in [-0.1, -0.05) is 73.8 Å². The van der Waals surface area contributed by atoms with Crippen LogP contribution in [-0.4, -0.2) is 35.2 Å². The van der Waals surface area contributed by atoms with Gasteiger partial charge in [0.25, 0.3) is 0 Å². The van der Waals surface area contributed by atoms with Gasteiger partial charge in [0, 0.05) is 43.6 Å². The van der Waals surface area contributed by atoms with Crippen LogP contribution in [0.25, 0.3) is 0 Å². The van der Waals surface area contributed by atoms with Crippen LogP contribution < -0.4 is 16.8 Å². The maximum atomic E-state index is 11.8. The molecule has 5 N–H and O–H groups in total. The second-order valence-corrected chi connectivity index (χ2v) is 9.84. The lowest BCUT2D eigenvalue weighted by molar-refractivity contribution is -0.120. The van der Waals surface area contributed by atoms with Crippen molar-refractivity contribution in [3.05, 3.63) is 34.9 Å². The SMILES string of the molecule is C#CCCC#CC=CC#CCC(Br)C(Cl)CC(Br)=CC=CCC(=O)NCCCCCN=C(N)N. The van der Waals surface area contributed by atoms with E-state index in [2.05, 4.69) is 71.8 Å². The molecule has 8 heteroatoms. The topological polar surface area (TPSA) is 93.5 Å². The van der Waals surface area contributed by atoms with E-state index in [0.717, 1.165) is 23.7 Å². The van der Waals surface area contributed by atoms with Crippen molar-refractivity contribution < 1.29 is 4.79 Å². The third-order valence-corrected chi connectivity index (χ3v) is 6.41. The number of amides is 1. The first-order valence-corrected chi connectivity index (χ1v) is 13.2. The molecule has 0 radical (unpaired) electrons. The van der Waals surface area contributed by atoms with Crippen LogP contribution in [0.1, 0.15) is 51.4 Å². The Bertz CT molecular complexity index is 878. The maximum Gasteiger partial charge on any atom is 0.223 e. The Hall–Kier alpha value is -2.11. The summed E-state index contributed by atoms with van der Waals surface area (Å²) in [5.74, 6) is 14.5. The number of aliphatic imine (C=N–C) groups is 1. The lowest BCUT2D eigenvalue weighted by atomic mass is 10.1. The fourth-order valence-corrected chi connectivity index (χ4v) is 3.64. The van der Waals surface area contributed by atoms with Gasteiger partial charge in [0.15, 0.2) is 5.96 Å². The van der Waals surface area contributed by atoms with Gasteiger partial charge in [-0.15, -0.1) is 23.9 Å². The van der Waals surface area contributed by atoms with E-state index in [4.69, 9.17) is 29.5 Å². The van der Waals surface area contributed by atoms with Gasteiger partial charge in [-0.2, -0.15) is 0 Å². The van der Waals surface area contributed by atoms with Crippen LogP contribution in [0.4, 0.5) is 0 Å². The number of halogens is 3. The minimum atomic E-state index is -0.129. The molecule has 0 saturated carbocycles. The Labute approximate surface area is 226 Å². The number of allylic oxidation sites excluding steroid dienone is 5. The van der Waals surface area contributed by atoms with E-state index in [0.29, 0.717) is 45.2 Å². The molecule has 1 amide bonds. The Morgan fingerprint density at radius 3 is 2.59 bits per heavy atom. The zero-order valence-electron chi connectivity index (χ0n) is 19.3. The molecular formula is C26H33Br2ClN4O. The molecule has 184 valence electrons. The molecule has 2 unspecified atom stereocenters. The molecule has 0 rings (SSSR count). The number of hydrogen-bond donors (Lipinski definition) is 3. The molecule has 0 aliphatic heterocycles. The van der Waals surface area contributed by atoms with Gasteiger partial charge in [0.05, 0.1) is 5.38 Å². The van der Waals surface area contributed by atoms with E-state index < -0.39 is 0 Å². The Kier molecular flexibility index (Phi) is 21.3. The standard InChI is InChI=1S/C26H33Br2ClN4O/c1-2-3-4-5-6-7-8-9-11-17-23(28)24(29)21-22(27)16-12-13-18-25(34)32-19-14-10-15-20-33-26(30)31/h1,7-8,12-13,16,23-24H,3-4,10,14-15,17-21H2,(H,32,34)(H4,30,31,33). The van der Waals surface area contributed by atoms with Crippen LogP contribution >= 0.6 is 43.5 Å². The van der Waals surface area contributed by atoms with Crippen molar-refractivity contribution in [3.8, 4) is 36.0 Å². The highest BCUT2D eigenvalue weighted by atomic mass is 79.9. The van der Waals surface area contributed by atoms with Gasteiger partial charge >= 0.3 is 0 Å². The van der Waals surface area contributed by atoms with Crippen molar-refractivity contribution >= 4 is 55.3 Å². The summed E-state index contributed by atoms with van der Waals surface area (Å²) in [5, 5.41) is 2.77. The van der Waals surface area contributed by atoms with Crippen molar-refractivity contribution in [2.75, 3.05) is 13.1 Å². The molecule has 0 aromatic heterocycles. The summed E-state index contributed by atoms with van der Waals surface area (Å²) >= 11 is 13.6. The predicted octanol–water partition coefficient (Wildman–Crippen LogP) is 4.90. The highest BCUT2D eigenvalue weighted by Crippen LogP contribution is 2.25. The minimum Gasteiger partial charge on any atom is -0.370 e. The normalized spacial score (nSPS) is 12.7. The molecule has 0 aromatic rings. The third kappa shape index (κ3) is 21.7. The van der Waals surface area contributed by atoms with Crippen LogP contribution in [0.15, 0.2) is 39.9 Å². The lowest BCUT2D eigenvalue weighted by Gasteiger charge is -2.13. The van der Waals surface area contributed by atoms with Crippen molar-refractivity contribution in [2.45, 2.75) is 61.6 Å². The second kappa shape index (κ2) is 22.7. The van der Waals surface area contributed by atoms with E-state index >= 15 is 0 Å². The number of guanidine groups is 1. The van der Waals surface area contributed by atoms with Gasteiger partial charge in [0.2, 0.25) is 5.91 Å². The Morgan fingerprint density at radius 1 is 1.15 bits per heavy atom. The lowest BCUT2D eigenvalue weighted by Crippen LogP contribution is -2.23. The number of alkyl halides is 2. The minimum absolute atomic E-state index is 0.00749. The number of rotatable bonds is 14. The maximum absolute atomic E-state index is 11.8. The van der Waals surface area contributed by atoms with Crippen molar-refractivity contribution in [2.24, 2.45) is 16.5 Å². The van der Waals surface area contributed by atoms with Crippen LogP contribution in [-0.2, 0) is 4.79 Å². The van der Waals surface area contributed by atoms with E-state index in [9.17, 15) is 4.79 Å². The average molecular weight is 613 g/mol. The zero-order valence-corrected chi connectivity index (χ0v) is 23.3. The quantitative estimate of drug-likeness (QED) is 0.0651. The zero-order chi connectivity index (χ0) is 25.4. The molecule has 0 spiro atoms. The molecular weight excluding hydrogens is 580 g/mol. The number of hydrogen-bond acceptors (Lipinski definition) is 2. The number of nitrogens with one attached hydrogen (secondary N) is 1. The van der Waals surface area contributed by atoms with E-state index in [1.165, 1.54) is 0 Å². The number of terminal acetylenes is 1. The molecule has 0 saturated heterocycles. The predicted molar refractivity (Wildman–Crippen MR) is 153 cm³/mol. The second-order valence-electron chi connectivity index (χ2n) is 7.08. The van der Waals surface area contributed by atoms with Crippen LogP contribution in [0.2, 0.25) is 0 Å². The first-order chi connectivity index (χ1) is 16.4. The Balaban J connectivity index is 4.09. The first kappa shape index (κ1) is 31.9. The van der Waals surface area contributed by atoms with Gasteiger partial charge < -0.3 is 16.8 Å².